The van der Waals surface area contributed by atoms with Crippen LogP contribution in [0.25, 0.3) is 0 Å². The molecule has 0 fully saturated rings. The topological polar surface area (TPSA) is 121 Å². The zero-order chi connectivity index (χ0) is 8.69. The van der Waals surface area contributed by atoms with Gasteiger partial charge >= 0.3 is 0 Å². The number of aliphatic hydroxyl groups excluding tert-OH is 2. The molecule has 0 aromatic carbocycles. The molecular weight excluding hydrogens is 180 g/mol. The lowest BCUT2D eigenvalue weighted by atomic mass is 10.3. The van der Waals surface area contributed by atoms with Crippen molar-refractivity contribution in [2.24, 2.45) is 0 Å². The van der Waals surface area contributed by atoms with Crippen LogP contribution in [0.2, 0.25) is 0 Å². The second kappa shape index (κ2) is 11.3. The molecule has 1 atom stereocenters. The molecule has 0 saturated carbocycles. The quantitative estimate of drug-likeness (QED) is 0.480. The molecule has 0 aromatic rings. The number of carbonyl (C=O) groups excluding carboxylic acids is 1. The van der Waals surface area contributed by atoms with E-state index in [9.17, 15) is 9.90 Å². The Hall–Kier alpha value is -0.690. The molecule has 0 radical (unpaired) electrons. The Morgan fingerprint density at radius 1 is 1.38 bits per heavy atom. The summed E-state index contributed by atoms with van der Waals surface area (Å²) in [7, 11) is 0. The second-order valence-electron chi connectivity index (χ2n) is 1.91. The smallest absolute Gasteiger partial charge is 0.0991 e. The lowest BCUT2D eigenvalue weighted by Gasteiger charge is -2.16. The van der Waals surface area contributed by atoms with Crippen molar-refractivity contribution in [2.45, 2.75) is 20.0 Å². The third kappa shape index (κ3) is 9.22. The highest BCUT2D eigenvalue weighted by Gasteiger charge is 2.08. The molecule has 0 amide bonds. The molecule has 82 valence electrons. The van der Waals surface area contributed by atoms with Crippen molar-refractivity contribution in [1.29, 1.82) is 0 Å². The lowest BCUT2D eigenvalue weighted by Crippen LogP contribution is -2.38. The molecule has 0 spiro atoms. The van der Waals surface area contributed by atoms with Gasteiger partial charge in [-0.2, -0.15) is 0 Å². The Labute approximate surface area is 77.1 Å². The zero-order valence-electron chi connectivity index (χ0n) is 6.52. The van der Waals surface area contributed by atoms with E-state index in [4.69, 9.17) is 10.2 Å². The van der Waals surface area contributed by atoms with Crippen LogP contribution in [0.1, 0.15) is 13.8 Å². The monoisotopic (exact) mass is 197 g/mol. The number of ether oxygens (including phenoxy) is 1. The van der Waals surface area contributed by atoms with Crippen LogP contribution in [0.3, 0.4) is 0 Å². The summed E-state index contributed by atoms with van der Waals surface area (Å²) in [5.74, 6) is -1.37. The van der Waals surface area contributed by atoms with Crippen molar-refractivity contribution in [1.82, 2.24) is 0 Å². The summed E-state index contributed by atoms with van der Waals surface area (Å²) in [5, 5.41) is 26.8. The number of aliphatic carboxylic acids is 1. The van der Waals surface area contributed by atoms with Gasteiger partial charge in [-0.15, -0.1) is 0 Å². The first-order valence-corrected chi connectivity index (χ1v) is 3.26. The van der Waals surface area contributed by atoms with Crippen LogP contribution in [-0.4, -0.2) is 47.6 Å². The van der Waals surface area contributed by atoms with Gasteiger partial charge in [0.1, 0.15) is 0 Å². The van der Waals surface area contributed by atoms with Crippen molar-refractivity contribution in [2.75, 3.05) is 19.8 Å². The van der Waals surface area contributed by atoms with Gasteiger partial charge in [-0.1, -0.05) is 7.43 Å². The maximum absolute atomic E-state index is 10.2. The summed E-state index contributed by atoms with van der Waals surface area (Å²) in [6.45, 7) is -0.571. The van der Waals surface area contributed by atoms with Crippen LogP contribution in [0.4, 0.5) is 0 Å². The van der Waals surface area contributed by atoms with E-state index in [0.717, 1.165) is 0 Å². The van der Waals surface area contributed by atoms with Gasteiger partial charge in [0.15, 0.2) is 0 Å². The zero-order valence-corrected chi connectivity index (χ0v) is 6.52. The number of rotatable bonds is 6. The van der Waals surface area contributed by atoms with Gasteiger partial charge in [-0.3, -0.25) is 0 Å². The van der Waals surface area contributed by atoms with Gasteiger partial charge in [0, 0.05) is 13.0 Å². The van der Waals surface area contributed by atoms with Crippen LogP contribution in [0.15, 0.2) is 0 Å². The average molecular weight is 197 g/mol. The predicted octanol–water partition coefficient (Wildman–Crippen LogP) is -2.69. The van der Waals surface area contributed by atoms with E-state index in [-0.39, 0.29) is 39.1 Å². The van der Waals surface area contributed by atoms with Gasteiger partial charge in [-0.25, -0.2) is 0 Å². The fourth-order valence-corrected chi connectivity index (χ4v) is 0.581. The second-order valence-corrected chi connectivity index (χ2v) is 1.91. The van der Waals surface area contributed by atoms with Gasteiger partial charge in [-0.05, 0) is 0 Å². The Morgan fingerprint density at radius 3 is 2.23 bits per heavy atom. The fourth-order valence-electron chi connectivity index (χ4n) is 0.581. The molecule has 6 heteroatoms. The van der Waals surface area contributed by atoms with Crippen molar-refractivity contribution in [3.05, 3.63) is 0 Å². The van der Waals surface area contributed by atoms with Crippen molar-refractivity contribution < 1.29 is 30.3 Å². The third-order valence-electron chi connectivity index (χ3n) is 1.06. The highest BCUT2D eigenvalue weighted by Crippen LogP contribution is 1.95. The minimum Gasteiger partial charge on any atom is -0.547 e. The molecule has 0 aliphatic heterocycles. The standard InChI is InChI=1S/C6H12O5.CH4.H2O/c7-2-1-5(6(9)10)11-4-3-8;;/h5,7-8H,1-4H2,(H,9,10);1H4;1H2/p-1. The molecule has 4 N–H and O–H groups in total. The first-order valence-electron chi connectivity index (χ1n) is 3.26. The number of hydrogen-bond donors (Lipinski definition) is 2. The van der Waals surface area contributed by atoms with Crippen LogP contribution in [0, 0.1) is 0 Å². The van der Waals surface area contributed by atoms with E-state index in [1.54, 1.807) is 0 Å². The highest BCUT2D eigenvalue weighted by molar-refractivity contribution is 5.69. The van der Waals surface area contributed by atoms with E-state index in [1.807, 2.05) is 0 Å². The largest absolute Gasteiger partial charge is 0.547 e. The molecule has 0 aromatic heterocycles. The Kier molecular flexibility index (Phi) is 15.8. The minimum absolute atomic E-state index is 0. The van der Waals surface area contributed by atoms with Crippen LogP contribution in [0.5, 0.6) is 0 Å². The number of carboxylic acids is 1. The SMILES string of the molecule is C.O.O=C([O-])C(CCO)OCCO. The van der Waals surface area contributed by atoms with Crippen molar-refractivity contribution in [3.8, 4) is 0 Å². The van der Waals surface area contributed by atoms with Crippen LogP contribution >= 0.6 is 0 Å². The normalized spacial score (nSPS) is 10.9. The van der Waals surface area contributed by atoms with E-state index in [0.29, 0.717) is 0 Å². The maximum atomic E-state index is 10.2. The first-order chi connectivity index (χ1) is 5.22. The van der Waals surface area contributed by atoms with E-state index in [1.165, 1.54) is 0 Å². The predicted molar refractivity (Wildman–Crippen MR) is 43.9 cm³/mol. The maximum Gasteiger partial charge on any atom is 0.0991 e. The lowest BCUT2D eigenvalue weighted by molar-refractivity contribution is -0.317. The summed E-state index contributed by atoms with van der Waals surface area (Å²) >= 11 is 0. The minimum atomic E-state index is -1.37. The Balaban J connectivity index is -0.000000500. The molecule has 0 saturated heterocycles. The van der Waals surface area contributed by atoms with Crippen LogP contribution in [-0.2, 0) is 9.53 Å². The average Bonchev–Trinajstić information content (AvgIpc) is 1.97. The van der Waals surface area contributed by atoms with E-state index in [2.05, 4.69) is 4.74 Å². The number of carboxylic acid groups (broad SMARTS) is 1. The van der Waals surface area contributed by atoms with Gasteiger partial charge < -0.3 is 30.3 Å². The highest BCUT2D eigenvalue weighted by atomic mass is 16.5. The molecule has 0 heterocycles. The summed E-state index contributed by atoms with van der Waals surface area (Å²) in [6, 6.07) is 0. The number of carbonyl (C=O) groups is 1. The molecule has 0 aliphatic rings. The van der Waals surface area contributed by atoms with Gasteiger partial charge in [0.05, 0.1) is 25.3 Å². The number of aliphatic hydroxyl groups is 2. The summed E-state index contributed by atoms with van der Waals surface area (Å²) < 4.78 is 4.62. The van der Waals surface area contributed by atoms with E-state index >= 15 is 0 Å². The molecule has 0 aliphatic carbocycles. The molecule has 0 rings (SSSR count). The van der Waals surface area contributed by atoms with Crippen LogP contribution < -0.4 is 5.11 Å². The first kappa shape index (κ1) is 18.2. The fraction of sp³-hybridized carbons (Fsp3) is 0.857. The molecule has 1 unspecified atom stereocenters. The summed E-state index contributed by atoms with van der Waals surface area (Å²) in [4.78, 5) is 10.2. The molecule has 6 nitrogen and oxygen atoms in total. The Bertz CT molecular complexity index is 116. The molecular formula is C7H17O6-. The van der Waals surface area contributed by atoms with Gasteiger partial charge in [0.2, 0.25) is 0 Å². The van der Waals surface area contributed by atoms with Crippen molar-refractivity contribution in [3.63, 3.8) is 0 Å². The third-order valence-corrected chi connectivity index (χ3v) is 1.06. The Morgan fingerprint density at radius 2 is 1.92 bits per heavy atom. The molecule has 13 heavy (non-hydrogen) atoms. The molecule has 0 bridgehead atoms. The number of hydrogen-bond acceptors (Lipinski definition) is 5. The van der Waals surface area contributed by atoms with E-state index < -0.39 is 12.1 Å². The van der Waals surface area contributed by atoms with Crippen molar-refractivity contribution >= 4 is 5.97 Å². The van der Waals surface area contributed by atoms with Gasteiger partial charge in [0.25, 0.3) is 0 Å². The summed E-state index contributed by atoms with van der Waals surface area (Å²) in [5.41, 5.74) is 0. The summed E-state index contributed by atoms with van der Waals surface area (Å²) in [6.07, 6.45) is -1.13.